The van der Waals surface area contributed by atoms with E-state index in [1.165, 1.54) is 24.1 Å². The molecule has 0 spiro atoms. The van der Waals surface area contributed by atoms with Crippen molar-refractivity contribution in [1.29, 1.82) is 0 Å². The van der Waals surface area contributed by atoms with Crippen LogP contribution in [0.2, 0.25) is 0 Å². The van der Waals surface area contributed by atoms with Crippen LogP contribution in [0.1, 0.15) is 11.1 Å². The summed E-state index contributed by atoms with van der Waals surface area (Å²) in [5.74, 6) is 1.23. The summed E-state index contributed by atoms with van der Waals surface area (Å²) in [4.78, 5) is 7.44. The number of aromatic nitrogens is 1. The van der Waals surface area contributed by atoms with Crippen LogP contribution in [-0.4, -0.2) is 38.3 Å². The number of halogens is 3. The number of alkyl halides is 2. The molecule has 1 heterocycles. The highest BCUT2D eigenvalue weighted by molar-refractivity contribution is 14.0. The molecule has 1 aromatic heterocycles. The number of H-pyrrole nitrogens is 1. The number of hydrogen-bond donors (Lipinski definition) is 3. The van der Waals surface area contributed by atoms with Crippen molar-refractivity contribution in [3.8, 4) is 11.5 Å². The predicted molar refractivity (Wildman–Crippen MR) is 125 cm³/mol. The van der Waals surface area contributed by atoms with Crippen molar-refractivity contribution < 1.29 is 18.3 Å². The topological polar surface area (TPSA) is 70.7 Å². The van der Waals surface area contributed by atoms with Crippen LogP contribution >= 0.6 is 24.0 Å². The van der Waals surface area contributed by atoms with E-state index in [1.807, 2.05) is 24.4 Å². The van der Waals surface area contributed by atoms with Gasteiger partial charge < -0.3 is 25.1 Å². The molecule has 0 aliphatic heterocycles. The Kier molecular flexibility index (Phi) is 9.15. The summed E-state index contributed by atoms with van der Waals surface area (Å²) in [7, 11) is 3.18. The van der Waals surface area contributed by atoms with Gasteiger partial charge in [0.15, 0.2) is 5.96 Å². The third-order valence-electron chi connectivity index (χ3n) is 4.52. The van der Waals surface area contributed by atoms with Gasteiger partial charge in [0.2, 0.25) is 0 Å². The number of fused-ring (bicyclic) bond motifs is 1. The van der Waals surface area contributed by atoms with Gasteiger partial charge >= 0.3 is 6.61 Å². The number of aliphatic imine (C=N–C) groups is 1. The largest absolute Gasteiger partial charge is 0.497 e. The molecule has 0 unspecified atom stereocenters. The number of para-hydroxylation sites is 1. The molecule has 0 saturated heterocycles. The smallest absolute Gasteiger partial charge is 0.387 e. The monoisotopic (exact) mass is 530 g/mol. The van der Waals surface area contributed by atoms with Gasteiger partial charge in [0.25, 0.3) is 0 Å². The van der Waals surface area contributed by atoms with Crippen molar-refractivity contribution in [3.63, 3.8) is 0 Å². The summed E-state index contributed by atoms with van der Waals surface area (Å²) in [6, 6.07) is 12.8. The minimum Gasteiger partial charge on any atom is -0.497 e. The molecule has 0 aliphatic carbocycles. The standard InChI is InChI=1S/C21H24F2N4O2.HI/c1-24-21(25-10-9-14-12-26-18-6-4-3-5-17(14)18)27-13-15-11-16(28-2)7-8-19(15)29-20(22)23;/h3-8,11-12,20,26H,9-10,13H2,1-2H3,(H2,24,25,27);1H. The molecule has 0 amide bonds. The Morgan fingerprint density at radius 2 is 1.93 bits per heavy atom. The first-order chi connectivity index (χ1) is 14.1. The number of guanidine groups is 1. The second-order valence-electron chi connectivity index (χ2n) is 6.31. The third kappa shape index (κ3) is 6.22. The molecular formula is C21H25F2IN4O2. The van der Waals surface area contributed by atoms with Gasteiger partial charge in [0.05, 0.1) is 7.11 Å². The Morgan fingerprint density at radius 1 is 1.13 bits per heavy atom. The molecule has 0 bridgehead atoms. The number of nitrogens with one attached hydrogen (secondary N) is 3. The van der Waals surface area contributed by atoms with E-state index in [4.69, 9.17) is 4.74 Å². The van der Waals surface area contributed by atoms with Crippen LogP contribution in [0.25, 0.3) is 10.9 Å². The van der Waals surface area contributed by atoms with Crippen LogP contribution in [-0.2, 0) is 13.0 Å². The molecule has 2 aromatic carbocycles. The van der Waals surface area contributed by atoms with Crippen molar-refractivity contribution in [2.45, 2.75) is 19.6 Å². The van der Waals surface area contributed by atoms with Gasteiger partial charge in [-0.25, -0.2) is 0 Å². The van der Waals surface area contributed by atoms with E-state index >= 15 is 0 Å². The predicted octanol–water partition coefficient (Wildman–Crippen LogP) is 4.30. The van der Waals surface area contributed by atoms with Crippen molar-refractivity contribution in [2.24, 2.45) is 4.99 Å². The first-order valence-corrected chi connectivity index (χ1v) is 9.22. The average molecular weight is 530 g/mol. The summed E-state index contributed by atoms with van der Waals surface area (Å²) in [6.45, 7) is -1.97. The highest BCUT2D eigenvalue weighted by atomic mass is 127. The molecule has 6 nitrogen and oxygen atoms in total. The highest BCUT2D eigenvalue weighted by Crippen LogP contribution is 2.25. The van der Waals surface area contributed by atoms with Crippen molar-refractivity contribution >= 4 is 40.8 Å². The maximum atomic E-state index is 12.6. The molecule has 0 atom stereocenters. The number of methoxy groups -OCH3 is 1. The Morgan fingerprint density at radius 3 is 2.67 bits per heavy atom. The average Bonchev–Trinajstić information content (AvgIpc) is 3.14. The first-order valence-electron chi connectivity index (χ1n) is 9.22. The second-order valence-corrected chi connectivity index (χ2v) is 6.31. The maximum absolute atomic E-state index is 12.6. The summed E-state index contributed by atoms with van der Waals surface area (Å²) in [5, 5.41) is 7.55. The van der Waals surface area contributed by atoms with Crippen molar-refractivity contribution in [3.05, 3.63) is 59.8 Å². The lowest BCUT2D eigenvalue weighted by atomic mass is 10.1. The Labute approximate surface area is 191 Å². The minimum atomic E-state index is -2.89. The molecule has 3 aromatic rings. The molecule has 162 valence electrons. The van der Waals surface area contributed by atoms with Crippen LogP contribution in [0.5, 0.6) is 11.5 Å². The van der Waals surface area contributed by atoms with E-state index in [2.05, 4.69) is 31.4 Å². The molecular weight excluding hydrogens is 505 g/mol. The van der Waals surface area contributed by atoms with Crippen LogP contribution in [0.4, 0.5) is 8.78 Å². The zero-order chi connectivity index (χ0) is 20.6. The molecule has 0 aliphatic rings. The number of rotatable bonds is 8. The van der Waals surface area contributed by atoms with E-state index in [1.54, 1.807) is 19.2 Å². The molecule has 3 rings (SSSR count). The lowest BCUT2D eigenvalue weighted by molar-refractivity contribution is -0.0504. The fraction of sp³-hybridized carbons (Fsp3) is 0.286. The van der Waals surface area contributed by atoms with Crippen LogP contribution < -0.4 is 20.1 Å². The van der Waals surface area contributed by atoms with E-state index in [0.29, 0.717) is 23.8 Å². The lowest BCUT2D eigenvalue weighted by Crippen LogP contribution is -2.38. The van der Waals surface area contributed by atoms with Gasteiger partial charge in [-0.05, 0) is 36.2 Å². The lowest BCUT2D eigenvalue weighted by Gasteiger charge is -2.15. The van der Waals surface area contributed by atoms with Crippen LogP contribution in [0.3, 0.4) is 0 Å². The molecule has 9 heteroatoms. The number of benzene rings is 2. The van der Waals surface area contributed by atoms with E-state index in [0.717, 1.165) is 11.9 Å². The highest BCUT2D eigenvalue weighted by Gasteiger charge is 2.12. The van der Waals surface area contributed by atoms with E-state index in [9.17, 15) is 8.78 Å². The van der Waals surface area contributed by atoms with E-state index in [-0.39, 0.29) is 36.3 Å². The van der Waals surface area contributed by atoms with Crippen molar-refractivity contribution in [2.75, 3.05) is 20.7 Å². The molecule has 0 radical (unpaired) electrons. The van der Waals surface area contributed by atoms with Gasteiger partial charge in [0.1, 0.15) is 11.5 Å². The SMILES string of the molecule is CN=C(NCCc1c[nH]c2ccccc12)NCc1cc(OC)ccc1OC(F)F.I. The fourth-order valence-electron chi connectivity index (χ4n) is 3.09. The quantitative estimate of drug-likeness (QED) is 0.231. The Balaban J connectivity index is 0.00000320. The number of aromatic amines is 1. The Hall–Kier alpha value is -2.56. The molecule has 0 saturated carbocycles. The number of nitrogens with zero attached hydrogens (tertiary/aromatic N) is 1. The number of ether oxygens (including phenoxy) is 2. The number of hydrogen-bond acceptors (Lipinski definition) is 3. The van der Waals surface area contributed by atoms with Gasteiger partial charge in [-0.15, -0.1) is 24.0 Å². The van der Waals surface area contributed by atoms with Gasteiger partial charge in [-0.1, -0.05) is 18.2 Å². The fourth-order valence-corrected chi connectivity index (χ4v) is 3.09. The third-order valence-corrected chi connectivity index (χ3v) is 4.52. The minimum absolute atomic E-state index is 0. The first kappa shape index (κ1) is 23.7. The summed E-state index contributed by atoms with van der Waals surface area (Å²) in [5.41, 5.74) is 2.86. The van der Waals surface area contributed by atoms with Gasteiger partial charge in [0, 0.05) is 42.8 Å². The Bertz CT molecular complexity index is 979. The normalized spacial score (nSPS) is 11.3. The zero-order valence-corrected chi connectivity index (χ0v) is 19.1. The van der Waals surface area contributed by atoms with Gasteiger partial charge in [-0.2, -0.15) is 8.78 Å². The zero-order valence-electron chi connectivity index (χ0n) is 16.7. The van der Waals surface area contributed by atoms with Crippen LogP contribution in [0.15, 0.2) is 53.7 Å². The van der Waals surface area contributed by atoms with Crippen LogP contribution in [0, 0.1) is 0 Å². The second kappa shape index (κ2) is 11.6. The summed E-state index contributed by atoms with van der Waals surface area (Å²) >= 11 is 0. The summed E-state index contributed by atoms with van der Waals surface area (Å²) in [6.07, 6.45) is 2.82. The van der Waals surface area contributed by atoms with Gasteiger partial charge in [-0.3, -0.25) is 4.99 Å². The molecule has 3 N–H and O–H groups in total. The molecule has 0 fully saturated rings. The summed E-state index contributed by atoms with van der Waals surface area (Å²) < 4.78 is 35.1. The maximum Gasteiger partial charge on any atom is 0.387 e. The molecule has 30 heavy (non-hydrogen) atoms. The van der Waals surface area contributed by atoms with E-state index < -0.39 is 6.61 Å². The van der Waals surface area contributed by atoms with Crippen molar-refractivity contribution in [1.82, 2.24) is 15.6 Å².